The second-order valence-electron chi connectivity index (χ2n) is 4.30. The van der Waals surface area contributed by atoms with Gasteiger partial charge in [0.25, 0.3) is 0 Å². The normalized spacial score (nSPS) is 10.3. The molecule has 0 spiro atoms. The first-order valence-electron chi connectivity index (χ1n) is 6.43. The summed E-state index contributed by atoms with van der Waals surface area (Å²) in [6, 6.07) is 7.63. The van der Waals surface area contributed by atoms with Crippen LogP contribution in [0, 0.1) is 0 Å². The molecule has 0 fully saturated rings. The highest BCUT2D eigenvalue weighted by molar-refractivity contribution is 6.32. The molecule has 0 bridgehead atoms. The lowest BCUT2D eigenvalue weighted by molar-refractivity contribution is 0.950. The maximum Gasteiger partial charge on any atom is 0.224 e. The van der Waals surface area contributed by atoms with Crippen LogP contribution in [0.5, 0.6) is 0 Å². The van der Waals surface area contributed by atoms with Gasteiger partial charge in [-0.2, -0.15) is 4.98 Å². The van der Waals surface area contributed by atoms with E-state index in [4.69, 9.17) is 23.2 Å². The van der Waals surface area contributed by atoms with E-state index in [1.807, 2.05) is 24.3 Å². The first kappa shape index (κ1) is 14.9. The third kappa shape index (κ3) is 4.25. The molecular formula is C14H16Cl2N4. The Morgan fingerprint density at radius 2 is 1.85 bits per heavy atom. The molecule has 106 valence electrons. The molecule has 0 radical (unpaired) electrons. The molecule has 0 saturated heterocycles. The Morgan fingerprint density at radius 1 is 1.10 bits per heavy atom. The number of halogens is 2. The zero-order chi connectivity index (χ0) is 14.4. The number of aromatic nitrogens is 2. The molecule has 20 heavy (non-hydrogen) atoms. The lowest BCUT2D eigenvalue weighted by atomic mass is 10.2. The van der Waals surface area contributed by atoms with Gasteiger partial charge in [0.15, 0.2) is 5.82 Å². The first-order valence-corrected chi connectivity index (χ1v) is 7.19. The Balaban J connectivity index is 2.02. The predicted octanol–water partition coefficient (Wildman–Crippen LogP) is 4.22. The van der Waals surface area contributed by atoms with Crippen molar-refractivity contribution in [3.8, 4) is 0 Å². The summed E-state index contributed by atoms with van der Waals surface area (Å²) in [5, 5.41) is 7.55. The summed E-state index contributed by atoms with van der Waals surface area (Å²) in [6.45, 7) is 3.54. The average Bonchev–Trinajstić information content (AvgIpc) is 2.46. The van der Waals surface area contributed by atoms with Gasteiger partial charge in [0, 0.05) is 18.1 Å². The Hall–Kier alpha value is -1.52. The van der Waals surface area contributed by atoms with E-state index in [2.05, 4.69) is 27.5 Å². The lowest BCUT2D eigenvalue weighted by Gasteiger charge is -2.09. The van der Waals surface area contributed by atoms with Gasteiger partial charge in [0.05, 0.1) is 6.20 Å². The van der Waals surface area contributed by atoms with Crippen molar-refractivity contribution in [3.05, 3.63) is 46.1 Å². The fraction of sp³-hybridized carbons (Fsp3) is 0.286. The summed E-state index contributed by atoms with van der Waals surface area (Å²) in [5.41, 5.74) is 1.10. The second kappa shape index (κ2) is 7.31. The van der Waals surface area contributed by atoms with E-state index in [9.17, 15) is 0 Å². The molecule has 0 aliphatic carbocycles. The van der Waals surface area contributed by atoms with Gasteiger partial charge < -0.3 is 10.6 Å². The number of nitrogens with zero attached hydrogens (tertiary/aromatic N) is 2. The van der Waals surface area contributed by atoms with E-state index in [-0.39, 0.29) is 0 Å². The largest absolute Gasteiger partial charge is 0.365 e. The molecule has 1 heterocycles. The van der Waals surface area contributed by atoms with E-state index in [0.29, 0.717) is 23.3 Å². The summed E-state index contributed by atoms with van der Waals surface area (Å²) in [7, 11) is 0. The third-order valence-electron chi connectivity index (χ3n) is 2.65. The van der Waals surface area contributed by atoms with Crippen LogP contribution < -0.4 is 10.6 Å². The Labute approximate surface area is 128 Å². The van der Waals surface area contributed by atoms with Crippen LogP contribution in [-0.2, 0) is 6.54 Å². The summed E-state index contributed by atoms with van der Waals surface area (Å²) in [5.74, 6) is 1.20. The third-order valence-corrected chi connectivity index (χ3v) is 3.18. The zero-order valence-electron chi connectivity index (χ0n) is 11.2. The maximum atomic E-state index is 6.09. The molecule has 2 rings (SSSR count). The molecule has 4 nitrogen and oxygen atoms in total. The van der Waals surface area contributed by atoms with Crippen LogP contribution in [0.15, 0.2) is 30.5 Å². The van der Waals surface area contributed by atoms with Crippen LogP contribution in [0.2, 0.25) is 10.0 Å². The quantitative estimate of drug-likeness (QED) is 0.839. The number of nitrogens with one attached hydrogen (secondary N) is 2. The minimum atomic E-state index is 0.501. The van der Waals surface area contributed by atoms with Crippen molar-refractivity contribution >= 4 is 35.0 Å². The van der Waals surface area contributed by atoms with E-state index in [0.717, 1.165) is 23.6 Å². The summed E-state index contributed by atoms with van der Waals surface area (Å²) in [4.78, 5) is 8.48. The molecule has 1 aromatic heterocycles. The van der Waals surface area contributed by atoms with Crippen molar-refractivity contribution < 1.29 is 0 Å². The van der Waals surface area contributed by atoms with Crippen LogP contribution in [-0.4, -0.2) is 16.5 Å². The molecule has 0 saturated carbocycles. The SMILES string of the molecule is CCCNc1ncc(Cl)c(NCc2ccc(Cl)cc2)n1. The monoisotopic (exact) mass is 310 g/mol. The van der Waals surface area contributed by atoms with Gasteiger partial charge >= 0.3 is 0 Å². The average molecular weight is 311 g/mol. The van der Waals surface area contributed by atoms with E-state index < -0.39 is 0 Å². The smallest absolute Gasteiger partial charge is 0.224 e. The minimum Gasteiger partial charge on any atom is -0.365 e. The highest BCUT2D eigenvalue weighted by Gasteiger charge is 2.05. The van der Waals surface area contributed by atoms with Crippen LogP contribution in [0.3, 0.4) is 0 Å². The highest BCUT2D eigenvalue weighted by atomic mass is 35.5. The van der Waals surface area contributed by atoms with Gasteiger partial charge in [0.2, 0.25) is 5.95 Å². The van der Waals surface area contributed by atoms with Gasteiger partial charge in [-0.1, -0.05) is 42.3 Å². The molecular weight excluding hydrogens is 295 g/mol. The number of benzene rings is 1. The van der Waals surface area contributed by atoms with Gasteiger partial charge in [-0.05, 0) is 24.1 Å². The molecule has 0 aliphatic rings. The predicted molar refractivity (Wildman–Crippen MR) is 84.6 cm³/mol. The Kier molecular flexibility index (Phi) is 5.44. The Bertz CT molecular complexity index is 558. The van der Waals surface area contributed by atoms with Crippen LogP contribution in [0.1, 0.15) is 18.9 Å². The molecule has 1 aromatic carbocycles. The second-order valence-corrected chi connectivity index (χ2v) is 5.14. The van der Waals surface area contributed by atoms with Crippen molar-refractivity contribution in [3.63, 3.8) is 0 Å². The van der Waals surface area contributed by atoms with Gasteiger partial charge in [-0.3, -0.25) is 0 Å². The van der Waals surface area contributed by atoms with Crippen LogP contribution in [0.4, 0.5) is 11.8 Å². The molecule has 0 unspecified atom stereocenters. The summed E-state index contributed by atoms with van der Waals surface area (Å²) >= 11 is 11.9. The number of hydrogen-bond donors (Lipinski definition) is 2. The fourth-order valence-electron chi connectivity index (χ4n) is 1.60. The molecule has 0 atom stereocenters. The summed E-state index contributed by atoms with van der Waals surface area (Å²) in [6.07, 6.45) is 2.61. The van der Waals surface area contributed by atoms with Crippen molar-refractivity contribution in [1.29, 1.82) is 0 Å². The van der Waals surface area contributed by atoms with Crippen molar-refractivity contribution in [2.24, 2.45) is 0 Å². The van der Waals surface area contributed by atoms with E-state index in [1.165, 1.54) is 0 Å². The van der Waals surface area contributed by atoms with Crippen molar-refractivity contribution in [2.45, 2.75) is 19.9 Å². The molecule has 0 aliphatic heterocycles. The Morgan fingerprint density at radius 3 is 2.55 bits per heavy atom. The summed E-state index contributed by atoms with van der Waals surface area (Å²) < 4.78 is 0. The number of hydrogen-bond acceptors (Lipinski definition) is 4. The van der Waals surface area contributed by atoms with E-state index >= 15 is 0 Å². The minimum absolute atomic E-state index is 0.501. The lowest BCUT2D eigenvalue weighted by Crippen LogP contribution is -2.08. The maximum absolute atomic E-state index is 6.09. The van der Waals surface area contributed by atoms with Crippen molar-refractivity contribution in [1.82, 2.24) is 9.97 Å². The molecule has 0 amide bonds. The van der Waals surface area contributed by atoms with Crippen LogP contribution in [0.25, 0.3) is 0 Å². The number of anilines is 2. The fourth-order valence-corrected chi connectivity index (χ4v) is 1.88. The van der Waals surface area contributed by atoms with E-state index in [1.54, 1.807) is 6.20 Å². The molecule has 2 aromatic rings. The first-order chi connectivity index (χ1) is 9.69. The van der Waals surface area contributed by atoms with Crippen molar-refractivity contribution in [2.75, 3.05) is 17.2 Å². The van der Waals surface area contributed by atoms with Gasteiger partial charge in [-0.15, -0.1) is 0 Å². The topological polar surface area (TPSA) is 49.8 Å². The standard InChI is InChI=1S/C14H16Cl2N4/c1-2-7-17-14-19-9-12(16)13(20-14)18-8-10-3-5-11(15)6-4-10/h3-6,9H,2,7-8H2,1H3,(H2,17,18,19,20). The van der Waals surface area contributed by atoms with Crippen LogP contribution >= 0.6 is 23.2 Å². The zero-order valence-corrected chi connectivity index (χ0v) is 12.7. The number of rotatable bonds is 6. The highest BCUT2D eigenvalue weighted by Crippen LogP contribution is 2.20. The van der Waals surface area contributed by atoms with Gasteiger partial charge in [0.1, 0.15) is 5.02 Å². The molecule has 2 N–H and O–H groups in total. The van der Waals surface area contributed by atoms with Gasteiger partial charge in [-0.25, -0.2) is 4.98 Å². The molecule has 6 heteroatoms.